The van der Waals surface area contributed by atoms with Crippen LogP contribution in [0.1, 0.15) is 27.7 Å². The minimum Gasteiger partial charge on any atom is -0.367 e. The lowest BCUT2D eigenvalue weighted by Gasteiger charge is -2.27. The molecule has 2 nitrogen and oxygen atoms in total. The molecule has 5 heteroatoms. The predicted molar refractivity (Wildman–Crippen MR) is 61.2 cm³/mol. The van der Waals surface area contributed by atoms with Crippen LogP contribution in [0.2, 0.25) is 0 Å². The molecular formula is C12H17F3N2. The third-order valence-corrected chi connectivity index (χ3v) is 2.94. The van der Waals surface area contributed by atoms with Gasteiger partial charge in [0.25, 0.3) is 5.95 Å². The topological polar surface area (TPSA) is 24.9 Å². The van der Waals surface area contributed by atoms with Crippen LogP contribution in [0.25, 0.3) is 0 Å². The molecule has 0 aliphatic heterocycles. The molecule has 1 aromatic heterocycles. The van der Waals surface area contributed by atoms with Crippen molar-refractivity contribution in [2.45, 2.75) is 27.7 Å². The van der Waals surface area contributed by atoms with E-state index in [0.29, 0.717) is 12.6 Å². The van der Waals surface area contributed by atoms with Crippen LogP contribution in [0, 0.1) is 28.9 Å². The second-order valence-electron chi connectivity index (χ2n) is 5.24. The molecule has 0 spiro atoms. The van der Waals surface area contributed by atoms with E-state index in [0.717, 1.165) is 0 Å². The molecule has 0 bridgehead atoms. The van der Waals surface area contributed by atoms with Gasteiger partial charge in [-0.05, 0) is 11.3 Å². The maximum Gasteiger partial charge on any atom is 0.251 e. The van der Waals surface area contributed by atoms with Crippen LogP contribution in [-0.4, -0.2) is 11.5 Å². The highest BCUT2D eigenvalue weighted by molar-refractivity contribution is 5.36. The Hall–Kier alpha value is -1.26. The minimum atomic E-state index is -1.29. The molecule has 96 valence electrons. The number of nitrogens with one attached hydrogen (secondary N) is 1. The monoisotopic (exact) mass is 246 g/mol. The van der Waals surface area contributed by atoms with Crippen molar-refractivity contribution in [1.29, 1.82) is 0 Å². The summed E-state index contributed by atoms with van der Waals surface area (Å²) in [6, 6.07) is 0.492. The van der Waals surface area contributed by atoms with Crippen molar-refractivity contribution in [3.8, 4) is 0 Å². The Bertz CT molecular complexity index is 399. The first-order valence-electron chi connectivity index (χ1n) is 5.47. The number of hydrogen-bond donors (Lipinski definition) is 1. The normalized spacial score (nSPS) is 13.6. The summed E-state index contributed by atoms with van der Waals surface area (Å²) in [6.07, 6.45) is 0. The van der Waals surface area contributed by atoms with Crippen LogP contribution >= 0.6 is 0 Å². The first-order valence-corrected chi connectivity index (χ1v) is 5.47. The predicted octanol–water partition coefficient (Wildman–Crippen LogP) is 3.59. The van der Waals surface area contributed by atoms with Crippen LogP contribution in [0.15, 0.2) is 6.07 Å². The van der Waals surface area contributed by atoms with Gasteiger partial charge in [0.15, 0.2) is 17.5 Å². The number of nitrogens with zero attached hydrogens (tertiary/aromatic N) is 1. The van der Waals surface area contributed by atoms with E-state index in [1.165, 1.54) is 0 Å². The van der Waals surface area contributed by atoms with Crippen molar-refractivity contribution < 1.29 is 13.2 Å². The van der Waals surface area contributed by atoms with E-state index >= 15 is 0 Å². The number of aromatic nitrogens is 1. The fourth-order valence-corrected chi connectivity index (χ4v) is 1.12. The molecule has 0 radical (unpaired) electrons. The fourth-order valence-electron chi connectivity index (χ4n) is 1.12. The lowest BCUT2D eigenvalue weighted by atomic mass is 9.82. The quantitative estimate of drug-likeness (QED) is 0.824. The zero-order chi connectivity index (χ0) is 13.2. The van der Waals surface area contributed by atoms with Gasteiger partial charge in [0.05, 0.1) is 0 Å². The molecule has 1 aromatic rings. The van der Waals surface area contributed by atoms with E-state index in [9.17, 15) is 13.2 Å². The van der Waals surface area contributed by atoms with Gasteiger partial charge < -0.3 is 5.32 Å². The second kappa shape index (κ2) is 4.94. The Balaban J connectivity index is 2.73. The maximum absolute atomic E-state index is 13.2. The van der Waals surface area contributed by atoms with Gasteiger partial charge in [-0.1, -0.05) is 27.7 Å². The summed E-state index contributed by atoms with van der Waals surface area (Å²) >= 11 is 0. The van der Waals surface area contributed by atoms with Gasteiger partial charge in [0.2, 0.25) is 0 Å². The van der Waals surface area contributed by atoms with Crippen LogP contribution in [0.5, 0.6) is 0 Å². The molecule has 0 aliphatic carbocycles. The van der Waals surface area contributed by atoms with E-state index in [1.54, 1.807) is 0 Å². The molecule has 1 atom stereocenters. The fraction of sp³-hybridized carbons (Fsp3) is 0.583. The average Bonchev–Trinajstić information content (AvgIpc) is 2.19. The molecule has 0 saturated heterocycles. The molecule has 0 saturated carbocycles. The summed E-state index contributed by atoms with van der Waals surface area (Å²) < 4.78 is 38.7. The second-order valence-corrected chi connectivity index (χ2v) is 5.24. The van der Waals surface area contributed by atoms with Gasteiger partial charge in [-0.15, -0.1) is 0 Å². The third kappa shape index (κ3) is 3.61. The number of pyridine rings is 1. The van der Waals surface area contributed by atoms with Crippen LogP contribution in [-0.2, 0) is 0 Å². The molecule has 1 heterocycles. The summed E-state index contributed by atoms with van der Waals surface area (Å²) in [5, 5.41) is 2.69. The van der Waals surface area contributed by atoms with E-state index in [1.807, 2.05) is 27.7 Å². The van der Waals surface area contributed by atoms with E-state index in [-0.39, 0.29) is 17.2 Å². The van der Waals surface area contributed by atoms with Gasteiger partial charge >= 0.3 is 0 Å². The summed E-state index contributed by atoms with van der Waals surface area (Å²) in [7, 11) is 0. The van der Waals surface area contributed by atoms with Crippen molar-refractivity contribution in [2.24, 2.45) is 11.3 Å². The Morgan fingerprint density at radius 3 is 2.35 bits per heavy atom. The van der Waals surface area contributed by atoms with Gasteiger partial charge in [0.1, 0.15) is 0 Å². The standard InChI is InChI=1S/C12H17F3N2/c1-7(12(2,3)4)6-16-11-9(14)5-8(13)10(15)17-11/h5,7H,6H2,1-4H3,(H,16,17). The highest BCUT2D eigenvalue weighted by atomic mass is 19.2. The smallest absolute Gasteiger partial charge is 0.251 e. The number of halogens is 3. The van der Waals surface area contributed by atoms with Crippen molar-refractivity contribution in [3.63, 3.8) is 0 Å². The third-order valence-electron chi connectivity index (χ3n) is 2.94. The summed E-state index contributed by atoms with van der Waals surface area (Å²) in [4.78, 5) is 3.20. The molecule has 0 amide bonds. The van der Waals surface area contributed by atoms with Gasteiger partial charge in [-0.2, -0.15) is 9.37 Å². The maximum atomic E-state index is 13.2. The Labute approximate surface area is 99.3 Å². The van der Waals surface area contributed by atoms with Crippen molar-refractivity contribution >= 4 is 5.82 Å². The first kappa shape index (κ1) is 13.8. The highest BCUT2D eigenvalue weighted by Gasteiger charge is 2.20. The van der Waals surface area contributed by atoms with Crippen LogP contribution in [0.3, 0.4) is 0 Å². The lowest BCUT2D eigenvalue weighted by molar-refractivity contribution is 0.274. The molecule has 17 heavy (non-hydrogen) atoms. The molecule has 1 unspecified atom stereocenters. The Kier molecular flexibility index (Phi) is 4.01. The molecular weight excluding hydrogens is 229 g/mol. The van der Waals surface area contributed by atoms with Gasteiger partial charge in [-0.25, -0.2) is 8.78 Å². The lowest BCUT2D eigenvalue weighted by Crippen LogP contribution is -2.25. The molecule has 1 N–H and O–H groups in total. The van der Waals surface area contributed by atoms with E-state index < -0.39 is 17.6 Å². The van der Waals surface area contributed by atoms with Crippen LogP contribution in [0.4, 0.5) is 19.0 Å². The van der Waals surface area contributed by atoms with Crippen molar-refractivity contribution in [3.05, 3.63) is 23.6 Å². The molecule has 0 aromatic carbocycles. The molecule has 0 aliphatic rings. The van der Waals surface area contributed by atoms with E-state index in [2.05, 4.69) is 10.3 Å². The first-order chi connectivity index (χ1) is 7.71. The number of rotatable bonds is 3. The SMILES string of the molecule is CC(CNc1nc(F)c(F)cc1F)C(C)(C)C. The molecule has 1 rings (SSSR count). The summed E-state index contributed by atoms with van der Waals surface area (Å²) in [5.74, 6) is -3.48. The minimum absolute atomic E-state index is 0.0437. The molecule has 0 fully saturated rings. The largest absolute Gasteiger partial charge is 0.367 e. The average molecular weight is 246 g/mol. The summed E-state index contributed by atoms with van der Waals surface area (Å²) in [5.41, 5.74) is 0.0437. The Morgan fingerprint density at radius 2 is 1.82 bits per heavy atom. The highest BCUT2D eigenvalue weighted by Crippen LogP contribution is 2.25. The Morgan fingerprint density at radius 1 is 1.24 bits per heavy atom. The summed E-state index contributed by atoms with van der Waals surface area (Å²) in [6.45, 7) is 8.58. The zero-order valence-corrected chi connectivity index (χ0v) is 10.4. The van der Waals surface area contributed by atoms with Crippen molar-refractivity contribution in [2.75, 3.05) is 11.9 Å². The number of anilines is 1. The van der Waals surface area contributed by atoms with Gasteiger partial charge in [0, 0.05) is 12.6 Å². The van der Waals surface area contributed by atoms with Gasteiger partial charge in [-0.3, -0.25) is 0 Å². The van der Waals surface area contributed by atoms with Crippen LogP contribution < -0.4 is 5.32 Å². The van der Waals surface area contributed by atoms with E-state index in [4.69, 9.17) is 0 Å². The number of hydrogen-bond acceptors (Lipinski definition) is 2. The van der Waals surface area contributed by atoms with Crippen molar-refractivity contribution in [1.82, 2.24) is 4.98 Å². The zero-order valence-electron chi connectivity index (χ0n) is 10.4.